The summed E-state index contributed by atoms with van der Waals surface area (Å²) in [6, 6.07) is 9.43. The summed E-state index contributed by atoms with van der Waals surface area (Å²) >= 11 is 1.56. The van der Waals surface area contributed by atoms with E-state index in [9.17, 15) is 4.79 Å². The molecule has 0 saturated heterocycles. The van der Waals surface area contributed by atoms with E-state index in [2.05, 4.69) is 25.4 Å². The molecule has 1 aromatic carbocycles. The number of aryl methyl sites for hydroxylation is 2. The Hall–Kier alpha value is -3.59. The van der Waals surface area contributed by atoms with Crippen LogP contribution in [0.4, 0.5) is 5.69 Å². The third-order valence-electron chi connectivity index (χ3n) is 4.37. The Morgan fingerprint density at radius 1 is 1.14 bits per heavy atom. The summed E-state index contributed by atoms with van der Waals surface area (Å²) in [5.41, 5.74) is 3.97. The first-order valence-corrected chi connectivity index (χ1v) is 9.50. The van der Waals surface area contributed by atoms with Crippen LogP contribution >= 0.6 is 11.3 Å². The van der Waals surface area contributed by atoms with Gasteiger partial charge in [0.1, 0.15) is 0 Å². The van der Waals surface area contributed by atoms with Crippen molar-refractivity contribution in [3.05, 3.63) is 65.3 Å². The lowest BCUT2D eigenvalue weighted by molar-refractivity contribution is 0.101. The molecule has 5 aromatic rings. The van der Waals surface area contributed by atoms with Gasteiger partial charge < -0.3 is 5.32 Å². The van der Waals surface area contributed by atoms with Crippen molar-refractivity contribution in [3.8, 4) is 11.3 Å². The van der Waals surface area contributed by atoms with Crippen LogP contribution in [0.5, 0.6) is 0 Å². The highest BCUT2D eigenvalue weighted by Gasteiger charge is 2.17. The summed E-state index contributed by atoms with van der Waals surface area (Å²) in [7, 11) is 0. The minimum Gasteiger partial charge on any atom is -0.319 e. The van der Waals surface area contributed by atoms with E-state index in [1.807, 2.05) is 66.4 Å². The monoisotopic (exact) mass is 389 g/mol. The van der Waals surface area contributed by atoms with Crippen LogP contribution in [-0.2, 0) is 0 Å². The fourth-order valence-electron chi connectivity index (χ4n) is 3.11. The van der Waals surface area contributed by atoms with Crippen LogP contribution in [0.1, 0.15) is 22.0 Å². The Labute approximate surface area is 163 Å². The summed E-state index contributed by atoms with van der Waals surface area (Å²) in [6.45, 7) is 3.78. The van der Waals surface area contributed by atoms with E-state index in [4.69, 9.17) is 0 Å². The quantitative estimate of drug-likeness (QED) is 0.511. The molecule has 1 N–H and O–H groups in total. The minimum absolute atomic E-state index is 0.0711. The molecule has 4 heterocycles. The Morgan fingerprint density at radius 3 is 2.86 bits per heavy atom. The number of amides is 1. The van der Waals surface area contributed by atoms with Crippen LogP contribution < -0.4 is 5.32 Å². The summed E-state index contributed by atoms with van der Waals surface area (Å²) in [5.74, 6) is 0.0862. The Kier molecular flexibility index (Phi) is 3.69. The highest BCUT2D eigenvalue weighted by atomic mass is 32.1. The summed E-state index contributed by atoms with van der Waals surface area (Å²) in [6.07, 6.45) is 3.89. The molecule has 4 aromatic heterocycles. The molecule has 0 aliphatic carbocycles. The number of thiazole rings is 1. The van der Waals surface area contributed by atoms with Crippen molar-refractivity contribution < 1.29 is 4.79 Å². The first-order valence-electron chi connectivity index (χ1n) is 8.62. The fourth-order valence-corrected chi connectivity index (χ4v) is 3.81. The maximum absolute atomic E-state index is 12.8. The van der Waals surface area contributed by atoms with Gasteiger partial charge in [0.05, 0.1) is 11.4 Å². The lowest BCUT2D eigenvalue weighted by atomic mass is 10.1. The average molecular weight is 389 g/mol. The second kappa shape index (κ2) is 6.24. The van der Waals surface area contributed by atoms with E-state index in [-0.39, 0.29) is 5.82 Å². The van der Waals surface area contributed by atoms with Crippen LogP contribution in [0.15, 0.2) is 48.1 Å². The van der Waals surface area contributed by atoms with Gasteiger partial charge in [0.25, 0.3) is 11.7 Å². The molecule has 138 valence electrons. The molecule has 0 aliphatic heterocycles. The number of nitrogens with zero attached hydrogens (tertiary/aromatic N) is 6. The zero-order chi connectivity index (χ0) is 19.3. The van der Waals surface area contributed by atoms with Crippen molar-refractivity contribution in [2.24, 2.45) is 0 Å². The van der Waals surface area contributed by atoms with E-state index in [1.165, 1.54) is 0 Å². The molecule has 9 heteroatoms. The van der Waals surface area contributed by atoms with Crippen LogP contribution in [0, 0.1) is 13.8 Å². The first kappa shape index (κ1) is 16.6. The molecule has 0 spiro atoms. The third kappa shape index (κ3) is 2.72. The minimum atomic E-state index is -0.393. The van der Waals surface area contributed by atoms with E-state index in [0.717, 1.165) is 27.6 Å². The van der Waals surface area contributed by atoms with Crippen LogP contribution in [0.2, 0.25) is 0 Å². The van der Waals surface area contributed by atoms with Crippen molar-refractivity contribution in [2.75, 3.05) is 5.32 Å². The van der Waals surface area contributed by atoms with Crippen LogP contribution in [0.3, 0.4) is 0 Å². The Morgan fingerprint density at radius 2 is 2.00 bits per heavy atom. The van der Waals surface area contributed by atoms with Gasteiger partial charge in [-0.2, -0.15) is 4.98 Å². The highest BCUT2D eigenvalue weighted by Crippen LogP contribution is 2.28. The summed E-state index contributed by atoms with van der Waals surface area (Å²) in [5, 5.41) is 9.18. The second-order valence-corrected chi connectivity index (χ2v) is 7.28. The number of carbonyl (C=O) groups excluding carboxylic acids is 1. The number of para-hydroxylation sites is 1. The van der Waals surface area contributed by atoms with Gasteiger partial charge in [0.2, 0.25) is 5.82 Å². The molecule has 28 heavy (non-hydrogen) atoms. The SMILES string of the molecule is Cc1cc(C)n2nc(C(=O)Nc3ccccc3-c3cn4ccsc4n3)nc2n1. The Balaban J connectivity index is 1.50. The number of aromatic nitrogens is 6. The van der Waals surface area contributed by atoms with Crippen molar-refractivity contribution in [3.63, 3.8) is 0 Å². The van der Waals surface area contributed by atoms with Gasteiger partial charge in [0, 0.05) is 34.7 Å². The standard InChI is InChI=1S/C19H15N7OS/c1-11-9-12(2)26-18(20-11)23-16(24-26)17(27)21-14-6-4-3-5-13(14)15-10-25-7-8-28-19(25)22-15/h3-10H,1-2H3,(H,21,27). The van der Waals surface area contributed by atoms with Crippen molar-refractivity contribution in [1.29, 1.82) is 0 Å². The zero-order valence-electron chi connectivity index (χ0n) is 15.1. The first-order chi connectivity index (χ1) is 13.6. The van der Waals surface area contributed by atoms with E-state index in [0.29, 0.717) is 11.5 Å². The number of rotatable bonds is 3. The number of hydrogen-bond acceptors (Lipinski definition) is 6. The van der Waals surface area contributed by atoms with Gasteiger partial charge in [0.15, 0.2) is 4.96 Å². The summed E-state index contributed by atoms with van der Waals surface area (Å²) < 4.78 is 3.52. The lowest BCUT2D eigenvalue weighted by Gasteiger charge is -2.07. The molecule has 0 radical (unpaired) electrons. The zero-order valence-corrected chi connectivity index (χ0v) is 15.9. The molecule has 0 saturated carbocycles. The smallest absolute Gasteiger partial charge is 0.295 e. The molecule has 0 aliphatic rings. The predicted octanol–water partition coefficient (Wildman–Crippen LogP) is 3.37. The molecule has 5 rings (SSSR count). The number of anilines is 1. The largest absolute Gasteiger partial charge is 0.319 e. The third-order valence-corrected chi connectivity index (χ3v) is 5.14. The molecule has 0 bridgehead atoms. The van der Waals surface area contributed by atoms with Crippen molar-refractivity contribution >= 4 is 33.7 Å². The van der Waals surface area contributed by atoms with Gasteiger partial charge in [-0.3, -0.25) is 9.20 Å². The van der Waals surface area contributed by atoms with Crippen LogP contribution in [-0.4, -0.2) is 34.9 Å². The normalized spacial score (nSPS) is 11.4. The van der Waals surface area contributed by atoms with E-state index < -0.39 is 5.91 Å². The number of benzene rings is 1. The van der Waals surface area contributed by atoms with E-state index >= 15 is 0 Å². The van der Waals surface area contributed by atoms with Gasteiger partial charge >= 0.3 is 0 Å². The van der Waals surface area contributed by atoms with E-state index in [1.54, 1.807) is 15.9 Å². The number of nitrogens with one attached hydrogen (secondary N) is 1. The maximum Gasteiger partial charge on any atom is 0.295 e. The van der Waals surface area contributed by atoms with Crippen LogP contribution in [0.25, 0.3) is 22.0 Å². The Bertz CT molecular complexity index is 1320. The molecular formula is C19H15N7OS. The number of hydrogen-bond donors (Lipinski definition) is 1. The molecule has 0 fully saturated rings. The fraction of sp³-hybridized carbons (Fsp3) is 0.105. The predicted molar refractivity (Wildman–Crippen MR) is 107 cm³/mol. The molecule has 0 atom stereocenters. The molecule has 1 amide bonds. The van der Waals surface area contributed by atoms with Gasteiger partial charge in [-0.15, -0.1) is 16.4 Å². The molecular weight excluding hydrogens is 374 g/mol. The highest BCUT2D eigenvalue weighted by molar-refractivity contribution is 7.15. The van der Waals surface area contributed by atoms with Crippen molar-refractivity contribution in [1.82, 2.24) is 29.0 Å². The second-order valence-electron chi connectivity index (χ2n) is 6.40. The average Bonchev–Trinajstić information content (AvgIpc) is 3.36. The summed E-state index contributed by atoms with van der Waals surface area (Å²) in [4.78, 5) is 26.9. The van der Waals surface area contributed by atoms with Gasteiger partial charge in [-0.25, -0.2) is 14.5 Å². The molecule has 8 nitrogen and oxygen atoms in total. The van der Waals surface area contributed by atoms with Gasteiger partial charge in [-0.05, 0) is 26.0 Å². The maximum atomic E-state index is 12.8. The lowest BCUT2D eigenvalue weighted by Crippen LogP contribution is -2.14. The number of imidazole rings is 1. The molecule has 0 unspecified atom stereocenters. The van der Waals surface area contributed by atoms with Crippen molar-refractivity contribution in [2.45, 2.75) is 13.8 Å². The number of carbonyl (C=O) groups is 1. The van der Waals surface area contributed by atoms with Gasteiger partial charge in [-0.1, -0.05) is 18.2 Å². The number of fused-ring (bicyclic) bond motifs is 2. The topological polar surface area (TPSA) is 89.5 Å².